The van der Waals surface area contributed by atoms with E-state index >= 15 is 0 Å². The van der Waals surface area contributed by atoms with Crippen LogP contribution in [0.1, 0.15) is 0 Å². The molecule has 0 spiro atoms. The highest BCUT2D eigenvalue weighted by atomic mass is 19.4. The van der Waals surface area contributed by atoms with Crippen LogP contribution in [-0.2, 0) is 9.53 Å². The van der Waals surface area contributed by atoms with Gasteiger partial charge in [0.05, 0.1) is 14.2 Å². The Balaban J connectivity index is 3.24. The molecule has 0 saturated carbocycles. The zero-order chi connectivity index (χ0) is 16.0. The van der Waals surface area contributed by atoms with Crippen LogP contribution < -0.4 is 10.1 Å². The van der Waals surface area contributed by atoms with Crippen molar-refractivity contribution in [2.45, 2.75) is 6.18 Å². The van der Waals surface area contributed by atoms with Crippen LogP contribution in [0.3, 0.4) is 0 Å². The maximum Gasteiger partial charge on any atom is 0.432 e. The molecule has 0 bridgehead atoms. The van der Waals surface area contributed by atoms with E-state index in [9.17, 15) is 18.0 Å². The minimum atomic E-state index is -4.92. The van der Waals surface area contributed by atoms with E-state index in [1.807, 2.05) is 5.32 Å². The zero-order valence-corrected chi connectivity index (χ0v) is 11.1. The molecule has 1 rings (SSSR count). The summed E-state index contributed by atoms with van der Waals surface area (Å²) in [7, 11) is 2.30. The van der Waals surface area contributed by atoms with Crippen LogP contribution in [0.2, 0.25) is 0 Å². The van der Waals surface area contributed by atoms with Crippen molar-refractivity contribution in [1.82, 2.24) is 0 Å². The molecule has 0 radical (unpaired) electrons. The second-order valence-electron chi connectivity index (χ2n) is 3.70. The van der Waals surface area contributed by atoms with E-state index in [0.717, 1.165) is 7.11 Å². The minimum absolute atomic E-state index is 0.0415. The van der Waals surface area contributed by atoms with Gasteiger partial charge in [0.1, 0.15) is 17.5 Å². The van der Waals surface area contributed by atoms with Crippen LogP contribution in [0.15, 0.2) is 35.5 Å². The number of hydrogen-bond acceptors (Lipinski definition) is 5. The van der Waals surface area contributed by atoms with Gasteiger partial charge in [0, 0.05) is 5.69 Å². The molecule has 0 saturated heterocycles. The van der Waals surface area contributed by atoms with Crippen molar-refractivity contribution in [2.75, 3.05) is 19.5 Å². The number of allylic oxidation sites excluding steroid dienone is 1. The summed E-state index contributed by atoms with van der Waals surface area (Å²) in [6, 6.07) is 6.69. The minimum Gasteiger partial charge on any atom is -0.497 e. The molecule has 0 aliphatic carbocycles. The summed E-state index contributed by atoms with van der Waals surface area (Å²) in [4.78, 5) is 11.3. The average molecular weight is 300 g/mol. The monoisotopic (exact) mass is 300 g/mol. The van der Waals surface area contributed by atoms with Crippen LogP contribution in [0.5, 0.6) is 5.75 Å². The van der Waals surface area contributed by atoms with E-state index in [1.54, 1.807) is 0 Å². The van der Waals surface area contributed by atoms with E-state index in [1.165, 1.54) is 37.4 Å². The lowest BCUT2D eigenvalue weighted by atomic mass is 10.2. The highest BCUT2D eigenvalue weighted by Gasteiger charge is 2.39. The van der Waals surface area contributed by atoms with Crippen molar-refractivity contribution in [1.29, 1.82) is 5.26 Å². The van der Waals surface area contributed by atoms with Gasteiger partial charge in [0.25, 0.3) is 0 Å². The van der Waals surface area contributed by atoms with Gasteiger partial charge in [-0.1, -0.05) is 0 Å². The number of rotatable bonds is 4. The first-order chi connectivity index (χ1) is 9.83. The van der Waals surface area contributed by atoms with E-state index in [4.69, 9.17) is 10.00 Å². The van der Waals surface area contributed by atoms with Gasteiger partial charge < -0.3 is 14.8 Å². The second-order valence-corrected chi connectivity index (χ2v) is 3.70. The Morgan fingerprint density at radius 3 is 2.19 bits per heavy atom. The first kappa shape index (κ1) is 16.4. The first-order valence-corrected chi connectivity index (χ1v) is 5.54. The van der Waals surface area contributed by atoms with Crippen LogP contribution >= 0.6 is 0 Å². The fraction of sp³-hybridized carbons (Fsp3) is 0.231. The standard InChI is InChI=1S/C13H11F3N2O3/c1-20-9-5-3-8(4-6-9)18-11(13(14,15)16)10(7-17)12(19)21-2/h3-6,18H,1-2H3/b11-10+. The average Bonchev–Trinajstić information content (AvgIpc) is 2.46. The lowest BCUT2D eigenvalue weighted by molar-refractivity contribution is -0.136. The SMILES string of the molecule is COC(=O)/C(C#N)=C(/Nc1ccc(OC)cc1)C(F)(F)F. The Bertz CT molecular complexity index is 586. The number of benzene rings is 1. The Morgan fingerprint density at radius 1 is 1.24 bits per heavy atom. The number of halogens is 3. The fourth-order valence-electron chi connectivity index (χ4n) is 1.40. The van der Waals surface area contributed by atoms with E-state index in [2.05, 4.69) is 4.74 Å². The molecule has 1 aromatic carbocycles. The molecule has 5 nitrogen and oxygen atoms in total. The van der Waals surface area contributed by atoms with Gasteiger partial charge in [-0.05, 0) is 24.3 Å². The molecule has 1 aromatic rings. The molecule has 8 heteroatoms. The van der Waals surface area contributed by atoms with Crippen molar-refractivity contribution in [3.63, 3.8) is 0 Å². The van der Waals surface area contributed by atoms with Gasteiger partial charge in [-0.3, -0.25) is 0 Å². The molecule has 0 heterocycles. The number of anilines is 1. The predicted octanol–water partition coefficient (Wildman–Crippen LogP) is 2.62. The van der Waals surface area contributed by atoms with E-state index in [0.29, 0.717) is 5.75 Å². The predicted molar refractivity (Wildman–Crippen MR) is 67.3 cm³/mol. The Morgan fingerprint density at radius 2 is 1.81 bits per heavy atom. The van der Waals surface area contributed by atoms with Crippen molar-refractivity contribution < 1.29 is 27.4 Å². The third-order valence-corrected chi connectivity index (χ3v) is 2.39. The number of carbonyl (C=O) groups excluding carboxylic acids is 1. The number of esters is 1. The van der Waals surface area contributed by atoms with Gasteiger partial charge in [-0.2, -0.15) is 18.4 Å². The summed E-state index contributed by atoms with van der Waals surface area (Å²) in [5.74, 6) is -0.919. The van der Waals surface area contributed by atoms with Crippen molar-refractivity contribution in [3.05, 3.63) is 35.5 Å². The van der Waals surface area contributed by atoms with Crippen molar-refractivity contribution >= 4 is 11.7 Å². The second kappa shape index (κ2) is 6.65. The van der Waals surface area contributed by atoms with Crippen LogP contribution in [-0.4, -0.2) is 26.4 Å². The van der Waals surface area contributed by atoms with Gasteiger partial charge in [-0.15, -0.1) is 0 Å². The van der Waals surface area contributed by atoms with Gasteiger partial charge in [-0.25, -0.2) is 4.79 Å². The number of alkyl halides is 3. The third kappa shape index (κ3) is 4.14. The Kier molecular flexibility index (Phi) is 5.18. The Hall–Kier alpha value is -2.69. The van der Waals surface area contributed by atoms with Gasteiger partial charge >= 0.3 is 12.1 Å². The van der Waals surface area contributed by atoms with Gasteiger partial charge in [0.2, 0.25) is 0 Å². The number of nitriles is 1. The van der Waals surface area contributed by atoms with Crippen molar-refractivity contribution in [2.24, 2.45) is 0 Å². The summed E-state index contributed by atoms with van der Waals surface area (Å²) in [6.45, 7) is 0. The number of ether oxygens (including phenoxy) is 2. The van der Waals surface area contributed by atoms with Crippen LogP contribution in [0, 0.1) is 11.3 Å². The summed E-state index contributed by atoms with van der Waals surface area (Å²) < 4.78 is 48.0. The topological polar surface area (TPSA) is 71.4 Å². The smallest absolute Gasteiger partial charge is 0.432 e. The molecule has 0 unspecified atom stereocenters. The Labute approximate surface area is 118 Å². The fourth-order valence-corrected chi connectivity index (χ4v) is 1.40. The van der Waals surface area contributed by atoms with Gasteiger partial charge in [0.15, 0.2) is 5.57 Å². The molecule has 0 fully saturated rings. The number of nitrogens with zero attached hydrogens (tertiary/aromatic N) is 1. The number of carbonyl (C=O) groups is 1. The molecule has 112 valence electrons. The molecule has 21 heavy (non-hydrogen) atoms. The first-order valence-electron chi connectivity index (χ1n) is 5.54. The summed E-state index contributed by atoms with van der Waals surface area (Å²) in [5.41, 5.74) is -2.59. The molecule has 0 atom stereocenters. The lowest BCUT2D eigenvalue weighted by Crippen LogP contribution is -2.24. The van der Waals surface area contributed by atoms with Crippen LogP contribution in [0.4, 0.5) is 18.9 Å². The van der Waals surface area contributed by atoms with E-state index < -0.39 is 23.4 Å². The summed E-state index contributed by atoms with van der Waals surface area (Å²) in [6.07, 6.45) is -4.92. The number of methoxy groups -OCH3 is 2. The molecule has 1 N–H and O–H groups in total. The molecule has 0 aromatic heterocycles. The number of nitrogens with one attached hydrogen (secondary N) is 1. The molecule has 0 aliphatic heterocycles. The maximum absolute atomic E-state index is 13.0. The van der Waals surface area contributed by atoms with Crippen LogP contribution in [0.25, 0.3) is 0 Å². The molecule has 0 amide bonds. The lowest BCUT2D eigenvalue weighted by Gasteiger charge is -2.15. The number of hydrogen-bond donors (Lipinski definition) is 1. The maximum atomic E-state index is 13.0. The zero-order valence-electron chi connectivity index (χ0n) is 11.1. The molecule has 0 aliphatic rings. The molecular weight excluding hydrogens is 289 g/mol. The van der Waals surface area contributed by atoms with E-state index in [-0.39, 0.29) is 5.69 Å². The largest absolute Gasteiger partial charge is 0.497 e. The highest BCUT2D eigenvalue weighted by molar-refractivity contribution is 5.94. The summed E-state index contributed by atoms with van der Waals surface area (Å²) >= 11 is 0. The normalized spacial score (nSPS) is 12.0. The quantitative estimate of drug-likeness (QED) is 0.526. The summed E-state index contributed by atoms with van der Waals surface area (Å²) in [5, 5.41) is 10.8. The molecular formula is C13H11F3N2O3. The third-order valence-electron chi connectivity index (χ3n) is 2.39. The van der Waals surface area contributed by atoms with Crippen molar-refractivity contribution in [3.8, 4) is 11.8 Å². The highest BCUT2D eigenvalue weighted by Crippen LogP contribution is 2.30.